The summed E-state index contributed by atoms with van der Waals surface area (Å²) in [6, 6.07) is 0. The Balaban J connectivity index is -0.000000242. The van der Waals surface area contributed by atoms with Crippen LogP contribution in [0.4, 0.5) is 0 Å². The van der Waals surface area contributed by atoms with Crippen molar-refractivity contribution >= 4 is 0 Å². The average molecular weight is 271 g/mol. The largest absolute Gasteiger partial charge is 2.00 e. The Morgan fingerprint density at radius 3 is 0.882 bits per heavy atom. The van der Waals surface area contributed by atoms with Crippen LogP contribution in [0.3, 0.4) is 0 Å². The smallest absolute Gasteiger partial charge is 0.577 e. The second kappa shape index (κ2) is 12.6. The molecule has 93 valence electrons. The van der Waals surface area contributed by atoms with Gasteiger partial charge >= 0.3 is 17.4 Å². The number of unbranched alkanes of at least 4 members (excludes halogenated alkanes) is 1. The minimum absolute atomic E-state index is 0. The first-order valence-electron chi connectivity index (χ1n) is 5.08. The molecule has 3 heteroatoms. The molecule has 1 aliphatic rings. The Bertz CT molecular complexity index is 119. The molecule has 2 nitrogen and oxygen atoms in total. The minimum atomic E-state index is 0. The van der Waals surface area contributed by atoms with Crippen molar-refractivity contribution in [2.24, 2.45) is 0 Å². The predicted octanol–water partition coefficient (Wildman–Crippen LogP) is 4.35. The van der Waals surface area contributed by atoms with Crippen LogP contribution < -0.4 is 0 Å². The van der Waals surface area contributed by atoms with Crippen LogP contribution in [0.2, 0.25) is 0 Å². The van der Waals surface area contributed by atoms with Crippen LogP contribution in [0.25, 0.3) is 5.59 Å². The normalized spacial score (nSPS) is 18.8. The van der Waals surface area contributed by atoms with Gasteiger partial charge in [-0.05, 0) is 56.3 Å². The van der Waals surface area contributed by atoms with E-state index in [4.69, 9.17) is 10.5 Å². The molecule has 0 bridgehead atoms. The summed E-state index contributed by atoms with van der Waals surface area (Å²) in [6.07, 6.45) is 3.28. The molecule has 0 aliphatic heterocycles. The zero-order valence-corrected chi connectivity index (χ0v) is 12.6. The summed E-state index contributed by atoms with van der Waals surface area (Å²) in [5.41, 5.74) is 5.75. The molecule has 17 heavy (non-hydrogen) atoms. The van der Waals surface area contributed by atoms with E-state index >= 15 is 0 Å². The van der Waals surface area contributed by atoms with Gasteiger partial charge in [0, 0.05) is 0 Å². The Morgan fingerprint density at radius 2 is 0.824 bits per heavy atom. The van der Waals surface area contributed by atoms with Gasteiger partial charge in [-0.2, -0.15) is 0 Å². The molecule has 0 saturated heterocycles. The maximum absolute atomic E-state index is 7.25. The van der Waals surface area contributed by atoms with E-state index in [1.165, 1.54) is 29.6 Å². The second-order valence-electron chi connectivity index (χ2n) is 3.60. The topological polar surface area (TPSA) is 39.4 Å². The Morgan fingerprint density at radius 1 is 0.706 bits per heavy atom. The van der Waals surface area contributed by atoms with Crippen molar-refractivity contribution in [3.63, 3.8) is 0 Å². The Kier molecular flexibility index (Phi) is 16.5. The third-order valence-corrected chi connectivity index (χ3v) is 2.98. The van der Waals surface area contributed by atoms with E-state index in [-0.39, 0.29) is 17.4 Å². The molecule has 1 fully saturated rings. The van der Waals surface area contributed by atoms with Gasteiger partial charge in [-0.1, -0.05) is 34.6 Å². The molecule has 0 heterocycles. The van der Waals surface area contributed by atoms with Crippen LogP contribution in [-0.2, 0) is 17.4 Å². The van der Waals surface area contributed by atoms with Crippen LogP contribution in [0.15, 0.2) is 0 Å². The monoisotopic (exact) mass is 271 g/mol. The molecule has 1 aliphatic carbocycles. The maximum Gasteiger partial charge on any atom is 2.00 e. The first-order chi connectivity index (χ1) is 7.47. The van der Waals surface area contributed by atoms with Crippen LogP contribution in [0.5, 0.6) is 0 Å². The summed E-state index contributed by atoms with van der Waals surface area (Å²) in [6.45, 7) is 17.7. The molecule has 0 N–H and O–H groups in total. The van der Waals surface area contributed by atoms with Crippen molar-refractivity contribution in [3.8, 4) is 0 Å². The molecule has 1 saturated carbocycles. The number of nitroso groups, excluding NO2 is 1. The summed E-state index contributed by atoms with van der Waals surface area (Å²) < 4.78 is 0. The molecule has 0 amide bonds. The van der Waals surface area contributed by atoms with Crippen molar-refractivity contribution in [2.75, 3.05) is 0 Å². The van der Waals surface area contributed by atoms with Crippen LogP contribution in [0, 0.1) is 61.2 Å². The van der Waals surface area contributed by atoms with Crippen molar-refractivity contribution < 1.29 is 17.4 Å². The zero-order valence-electron chi connectivity index (χ0n) is 11.3. The standard InChI is InChI=1S/C10H15.C4H6.Cr.NO/c1-6-7(2)9(4)10(5)8(6)3;1-3-4-2;;1-2/h1-5H3;3-4H,1-2H2;;/q;;+2;-1. The maximum atomic E-state index is 7.25. The minimum Gasteiger partial charge on any atom is -0.577 e. The van der Waals surface area contributed by atoms with Gasteiger partial charge in [0.15, 0.2) is 0 Å². The van der Waals surface area contributed by atoms with Gasteiger partial charge in [0.1, 0.15) is 0 Å². The van der Waals surface area contributed by atoms with Crippen LogP contribution in [-0.4, -0.2) is 0 Å². The molecule has 0 unspecified atom stereocenters. The van der Waals surface area contributed by atoms with Gasteiger partial charge in [-0.25, -0.2) is 0 Å². The average Bonchev–Trinajstić information content (AvgIpc) is 2.50. The summed E-state index contributed by atoms with van der Waals surface area (Å²) >= 11 is 0. The van der Waals surface area contributed by atoms with Gasteiger partial charge in [-0.15, -0.1) is 0 Å². The molecular weight excluding hydrogens is 250 g/mol. The van der Waals surface area contributed by atoms with E-state index in [9.17, 15) is 0 Å². The third-order valence-electron chi connectivity index (χ3n) is 2.98. The summed E-state index contributed by atoms with van der Waals surface area (Å²) in [5.74, 6) is 7.34. The van der Waals surface area contributed by atoms with E-state index in [1.54, 1.807) is 12.8 Å². The van der Waals surface area contributed by atoms with Crippen LogP contribution in [0.1, 0.15) is 34.6 Å². The third kappa shape index (κ3) is 7.22. The van der Waals surface area contributed by atoms with E-state index in [0.29, 0.717) is 0 Å². The molecule has 0 spiro atoms. The SMILES string of the molecule is C[C]1[C](C)[C](C)[C](C)[C]1C.[CH2][CH][CH][CH2].[Cr+2].[N-]=O. The Hall–Kier alpha value is 0.132. The van der Waals surface area contributed by atoms with Gasteiger partial charge in [0.05, 0.1) is 0 Å². The molecule has 0 aromatic rings. The second-order valence-corrected chi connectivity index (χ2v) is 3.60. The van der Waals surface area contributed by atoms with Gasteiger partial charge in [0.25, 0.3) is 0 Å². The number of rotatable bonds is 1. The molecule has 0 aromatic carbocycles. The fraction of sp³-hybridized carbons (Fsp3) is 0.357. The van der Waals surface area contributed by atoms with Crippen molar-refractivity contribution in [3.05, 3.63) is 66.8 Å². The van der Waals surface area contributed by atoms with Crippen molar-refractivity contribution in [1.29, 1.82) is 0 Å². The zero-order chi connectivity index (χ0) is 13.3. The molecule has 9 radical (unpaired) electrons. The van der Waals surface area contributed by atoms with Gasteiger partial charge in [-0.3, -0.25) is 0 Å². The summed E-state index contributed by atoms with van der Waals surface area (Å²) in [4.78, 5) is 7.25. The van der Waals surface area contributed by atoms with Crippen molar-refractivity contribution in [1.82, 2.24) is 0 Å². The molecule has 0 aromatic heterocycles. The van der Waals surface area contributed by atoms with E-state index in [1.807, 2.05) is 0 Å². The van der Waals surface area contributed by atoms with E-state index in [2.05, 4.69) is 48.5 Å². The number of hydrogen-bond acceptors (Lipinski definition) is 1. The number of nitrogens with zero attached hydrogens (tertiary/aromatic N) is 1. The molecular formula is C14H21CrNO+. The Labute approximate surface area is 119 Å². The van der Waals surface area contributed by atoms with E-state index in [0.717, 1.165) is 0 Å². The van der Waals surface area contributed by atoms with Crippen LogP contribution >= 0.6 is 0 Å². The molecule has 1 rings (SSSR count). The first kappa shape index (κ1) is 22.3. The summed E-state index contributed by atoms with van der Waals surface area (Å²) in [5, 5.41) is 0. The summed E-state index contributed by atoms with van der Waals surface area (Å²) in [7, 11) is 0. The van der Waals surface area contributed by atoms with E-state index < -0.39 is 0 Å². The fourth-order valence-electron chi connectivity index (χ4n) is 1.41. The predicted molar refractivity (Wildman–Crippen MR) is 70.6 cm³/mol. The number of hydrogen-bond donors (Lipinski definition) is 0. The molecule has 0 atom stereocenters. The van der Waals surface area contributed by atoms with Gasteiger partial charge in [0.2, 0.25) is 0 Å². The quantitative estimate of drug-likeness (QED) is 0.698. The van der Waals surface area contributed by atoms with Gasteiger partial charge < -0.3 is 10.5 Å². The fourth-order valence-corrected chi connectivity index (χ4v) is 1.41. The first-order valence-corrected chi connectivity index (χ1v) is 5.08. The van der Waals surface area contributed by atoms with Crippen molar-refractivity contribution in [2.45, 2.75) is 34.6 Å².